The van der Waals surface area contributed by atoms with Crippen LogP contribution in [0.4, 0.5) is 5.69 Å². The van der Waals surface area contributed by atoms with Crippen molar-refractivity contribution >= 4 is 34.5 Å². The van der Waals surface area contributed by atoms with Gasteiger partial charge in [0.25, 0.3) is 5.91 Å². The van der Waals surface area contributed by atoms with Crippen LogP contribution in [-0.2, 0) is 27.4 Å². The average Bonchev–Trinajstić information content (AvgIpc) is 3.15. The van der Waals surface area contributed by atoms with Crippen molar-refractivity contribution in [1.29, 1.82) is 0 Å². The van der Waals surface area contributed by atoms with E-state index in [4.69, 9.17) is 0 Å². The maximum atomic E-state index is 12.7. The Morgan fingerprint density at radius 3 is 2.84 bits per heavy atom. The summed E-state index contributed by atoms with van der Waals surface area (Å²) in [6.45, 7) is 0.589. The van der Waals surface area contributed by atoms with Gasteiger partial charge >= 0.3 is 5.97 Å². The molecule has 1 aromatic heterocycles. The first-order chi connectivity index (χ1) is 14.9. The molecule has 2 heterocycles. The summed E-state index contributed by atoms with van der Waals surface area (Å²) in [4.78, 5) is 46.1. The van der Waals surface area contributed by atoms with Gasteiger partial charge in [0.1, 0.15) is 11.9 Å². The molecule has 1 aliphatic rings. The van der Waals surface area contributed by atoms with Crippen molar-refractivity contribution < 1.29 is 19.1 Å². The number of likely N-dealkylation sites (N-methyl/N-ethyl adjacent to an activating group) is 1. The minimum atomic E-state index is -0.716. The monoisotopic (exact) mass is 421 g/mol. The number of rotatable bonds is 5. The van der Waals surface area contributed by atoms with Crippen molar-refractivity contribution in [3.63, 3.8) is 0 Å². The molecule has 0 aliphatic carbocycles. The minimum Gasteiger partial charge on any atom is -0.469 e. The number of fused-ring (bicyclic) bond motifs is 2. The van der Waals surface area contributed by atoms with E-state index in [2.05, 4.69) is 25.3 Å². The number of anilines is 1. The van der Waals surface area contributed by atoms with Crippen LogP contribution in [0.2, 0.25) is 0 Å². The molecule has 2 amide bonds. The first-order valence-electron chi connectivity index (χ1n) is 9.87. The first-order valence-corrected chi connectivity index (χ1v) is 9.87. The van der Waals surface area contributed by atoms with Gasteiger partial charge < -0.3 is 25.3 Å². The van der Waals surface area contributed by atoms with Gasteiger partial charge in [-0.2, -0.15) is 0 Å². The van der Waals surface area contributed by atoms with Crippen molar-refractivity contribution in [1.82, 2.24) is 20.2 Å². The van der Waals surface area contributed by atoms with Gasteiger partial charge in [0.05, 0.1) is 31.1 Å². The zero-order valence-corrected chi connectivity index (χ0v) is 17.3. The van der Waals surface area contributed by atoms with Crippen LogP contribution in [0.15, 0.2) is 42.5 Å². The quantitative estimate of drug-likeness (QED) is 0.541. The molecule has 1 atom stereocenters. The van der Waals surface area contributed by atoms with E-state index < -0.39 is 12.0 Å². The van der Waals surface area contributed by atoms with E-state index in [1.54, 1.807) is 25.2 Å². The number of hydrogen-bond acceptors (Lipinski definition) is 6. The molecule has 31 heavy (non-hydrogen) atoms. The van der Waals surface area contributed by atoms with E-state index >= 15 is 0 Å². The largest absolute Gasteiger partial charge is 0.469 e. The Balaban J connectivity index is 1.48. The summed E-state index contributed by atoms with van der Waals surface area (Å²) in [5.41, 5.74) is 3.73. The van der Waals surface area contributed by atoms with E-state index in [1.165, 1.54) is 12.0 Å². The number of esters is 1. The zero-order valence-electron chi connectivity index (χ0n) is 17.3. The van der Waals surface area contributed by atoms with Crippen molar-refractivity contribution in [2.24, 2.45) is 0 Å². The van der Waals surface area contributed by atoms with Crippen LogP contribution in [0, 0.1) is 0 Å². The Kier molecular flexibility index (Phi) is 5.57. The molecule has 0 spiro atoms. The standard InChI is InChI=1S/C22H23N5O4/c1-27-12-14-9-13(7-8-15(14)24-18(22(27)30)10-20(28)31-2)21(29)23-11-19-25-16-5-3-4-6-17(16)26-19/h3-9,18,24H,10-12H2,1-2H3,(H,23,29)(H,25,26)/t18-/m1/s1. The summed E-state index contributed by atoms with van der Waals surface area (Å²) in [6, 6.07) is 12.1. The number of benzene rings is 2. The van der Waals surface area contributed by atoms with Gasteiger partial charge in [-0.1, -0.05) is 12.1 Å². The van der Waals surface area contributed by atoms with Gasteiger partial charge in [-0.05, 0) is 35.9 Å². The van der Waals surface area contributed by atoms with Gasteiger partial charge in [-0.25, -0.2) is 4.98 Å². The van der Waals surface area contributed by atoms with E-state index in [0.717, 1.165) is 16.6 Å². The molecule has 1 aliphatic heterocycles. The zero-order chi connectivity index (χ0) is 22.0. The molecular weight excluding hydrogens is 398 g/mol. The Morgan fingerprint density at radius 2 is 2.06 bits per heavy atom. The molecule has 4 rings (SSSR count). The predicted octanol–water partition coefficient (Wildman–Crippen LogP) is 1.81. The van der Waals surface area contributed by atoms with Crippen molar-refractivity contribution in [2.75, 3.05) is 19.5 Å². The average molecular weight is 421 g/mol. The Morgan fingerprint density at radius 1 is 1.26 bits per heavy atom. The lowest BCUT2D eigenvalue weighted by Gasteiger charge is -2.19. The van der Waals surface area contributed by atoms with E-state index in [9.17, 15) is 14.4 Å². The molecule has 9 nitrogen and oxygen atoms in total. The number of ether oxygens (including phenoxy) is 1. The van der Waals surface area contributed by atoms with E-state index in [1.807, 2.05) is 24.3 Å². The molecule has 0 radical (unpaired) electrons. The van der Waals surface area contributed by atoms with Crippen molar-refractivity contribution in [3.8, 4) is 0 Å². The van der Waals surface area contributed by atoms with Crippen LogP contribution in [-0.4, -0.2) is 52.9 Å². The summed E-state index contributed by atoms with van der Waals surface area (Å²) in [5, 5.41) is 5.97. The van der Waals surface area contributed by atoms with Crippen LogP contribution in [0.5, 0.6) is 0 Å². The minimum absolute atomic E-state index is 0.0706. The van der Waals surface area contributed by atoms with Crippen LogP contribution in [0.25, 0.3) is 11.0 Å². The van der Waals surface area contributed by atoms with Crippen LogP contribution >= 0.6 is 0 Å². The third-order valence-electron chi connectivity index (χ3n) is 5.23. The summed E-state index contributed by atoms with van der Waals surface area (Å²) in [6.07, 6.45) is -0.0706. The number of carbonyl (C=O) groups is 3. The maximum absolute atomic E-state index is 12.7. The number of H-pyrrole nitrogens is 1. The van der Waals surface area contributed by atoms with Crippen LogP contribution in [0.3, 0.4) is 0 Å². The van der Waals surface area contributed by atoms with Gasteiger partial charge in [0.2, 0.25) is 5.91 Å². The topological polar surface area (TPSA) is 116 Å². The second kappa shape index (κ2) is 8.47. The maximum Gasteiger partial charge on any atom is 0.308 e. The number of nitrogens with zero attached hydrogens (tertiary/aromatic N) is 2. The van der Waals surface area contributed by atoms with Gasteiger partial charge in [0, 0.05) is 24.8 Å². The normalized spacial score (nSPS) is 15.7. The summed E-state index contributed by atoms with van der Waals surface area (Å²) in [7, 11) is 2.95. The molecule has 0 fully saturated rings. The Hall–Kier alpha value is -3.88. The molecule has 0 unspecified atom stereocenters. The number of carbonyl (C=O) groups excluding carboxylic acids is 3. The number of nitrogens with one attached hydrogen (secondary N) is 3. The number of imidazole rings is 1. The third kappa shape index (κ3) is 4.35. The van der Waals surface area contributed by atoms with Gasteiger partial charge in [-0.15, -0.1) is 0 Å². The van der Waals surface area contributed by atoms with Crippen LogP contribution < -0.4 is 10.6 Å². The van der Waals surface area contributed by atoms with Crippen LogP contribution in [0.1, 0.15) is 28.2 Å². The lowest BCUT2D eigenvalue weighted by molar-refractivity contribution is -0.143. The van der Waals surface area contributed by atoms with Gasteiger partial charge in [-0.3, -0.25) is 14.4 Å². The smallest absolute Gasteiger partial charge is 0.308 e. The number of methoxy groups -OCH3 is 1. The highest BCUT2D eigenvalue weighted by atomic mass is 16.5. The number of amides is 2. The first kappa shape index (κ1) is 20.4. The second-order valence-electron chi connectivity index (χ2n) is 7.43. The summed E-state index contributed by atoms with van der Waals surface area (Å²) >= 11 is 0. The Bertz CT molecular complexity index is 1120. The molecule has 3 aromatic rings. The number of aromatic nitrogens is 2. The highest BCUT2D eigenvalue weighted by Crippen LogP contribution is 2.25. The lowest BCUT2D eigenvalue weighted by Crippen LogP contribution is -2.39. The second-order valence-corrected chi connectivity index (χ2v) is 7.43. The fourth-order valence-corrected chi connectivity index (χ4v) is 3.60. The summed E-state index contributed by atoms with van der Waals surface area (Å²) in [5.74, 6) is -0.253. The van der Waals surface area contributed by atoms with Gasteiger partial charge in [0.15, 0.2) is 0 Å². The SMILES string of the molecule is COC(=O)C[C@H]1Nc2ccc(C(=O)NCc3nc4ccccc4[nH]3)cc2CN(C)C1=O. The highest BCUT2D eigenvalue weighted by Gasteiger charge is 2.29. The molecule has 2 aromatic carbocycles. The molecule has 3 N–H and O–H groups in total. The Labute approximate surface area is 178 Å². The fraction of sp³-hybridized carbons (Fsp3) is 0.273. The molecule has 9 heteroatoms. The molecule has 160 valence electrons. The van der Waals surface area contributed by atoms with Crippen molar-refractivity contribution in [2.45, 2.75) is 25.6 Å². The number of para-hydroxylation sites is 2. The fourth-order valence-electron chi connectivity index (χ4n) is 3.60. The van der Waals surface area contributed by atoms with Crippen molar-refractivity contribution in [3.05, 3.63) is 59.4 Å². The van der Waals surface area contributed by atoms with E-state index in [0.29, 0.717) is 23.6 Å². The molecule has 0 saturated carbocycles. The van der Waals surface area contributed by atoms with E-state index in [-0.39, 0.29) is 24.8 Å². The number of aromatic amines is 1. The summed E-state index contributed by atoms with van der Waals surface area (Å²) < 4.78 is 4.69. The molecule has 0 bridgehead atoms. The predicted molar refractivity (Wildman–Crippen MR) is 114 cm³/mol. The third-order valence-corrected chi connectivity index (χ3v) is 5.23. The molecule has 0 saturated heterocycles. The molecular formula is C22H23N5O4. The number of hydrogen-bond donors (Lipinski definition) is 3. The highest BCUT2D eigenvalue weighted by molar-refractivity contribution is 5.96. The lowest BCUT2D eigenvalue weighted by atomic mass is 10.1.